The van der Waals surface area contributed by atoms with Gasteiger partial charge in [-0.15, -0.1) is 0 Å². The number of ether oxygens (including phenoxy) is 1. The van der Waals surface area contributed by atoms with E-state index in [1.165, 1.54) is 0 Å². The van der Waals surface area contributed by atoms with Crippen molar-refractivity contribution in [2.45, 2.75) is 33.7 Å². The van der Waals surface area contributed by atoms with Crippen LogP contribution in [0.1, 0.15) is 41.2 Å². The Balaban J connectivity index is 2.06. The predicted molar refractivity (Wildman–Crippen MR) is 99.1 cm³/mol. The van der Waals surface area contributed by atoms with Crippen molar-refractivity contribution in [3.8, 4) is 0 Å². The number of esters is 1. The zero-order valence-electron chi connectivity index (χ0n) is 15.8. The average Bonchev–Trinajstić information content (AvgIpc) is 3.12. The second-order valence-electron chi connectivity index (χ2n) is 6.16. The van der Waals surface area contributed by atoms with Crippen molar-refractivity contribution >= 4 is 22.7 Å². The van der Waals surface area contributed by atoms with E-state index in [0.717, 1.165) is 34.4 Å². The summed E-state index contributed by atoms with van der Waals surface area (Å²) in [6, 6.07) is 0. The lowest BCUT2D eigenvalue weighted by Gasteiger charge is -2.13. The maximum absolute atomic E-state index is 12.4. The number of aromatic nitrogens is 5. The van der Waals surface area contributed by atoms with E-state index in [4.69, 9.17) is 4.74 Å². The molecule has 26 heavy (non-hydrogen) atoms. The number of nitrogens with one attached hydrogen (secondary N) is 1. The van der Waals surface area contributed by atoms with E-state index in [1.807, 2.05) is 27.2 Å². The molecule has 0 amide bonds. The highest BCUT2D eigenvalue weighted by atomic mass is 16.5. The van der Waals surface area contributed by atoms with Gasteiger partial charge in [0.2, 0.25) is 0 Å². The van der Waals surface area contributed by atoms with Crippen LogP contribution in [0.15, 0.2) is 12.4 Å². The number of hydrogen-bond donors (Lipinski definition) is 1. The first kappa shape index (κ1) is 17.9. The maximum Gasteiger partial charge on any atom is 0.341 e. The zero-order valence-corrected chi connectivity index (χ0v) is 15.8. The van der Waals surface area contributed by atoms with Gasteiger partial charge < -0.3 is 10.1 Å². The van der Waals surface area contributed by atoms with E-state index < -0.39 is 5.97 Å². The summed E-state index contributed by atoms with van der Waals surface area (Å²) in [5.74, 6) is -0.394. The fraction of sp³-hybridized carbons (Fsp3) is 0.444. The van der Waals surface area contributed by atoms with Gasteiger partial charge in [0, 0.05) is 38.6 Å². The quantitative estimate of drug-likeness (QED) is 0.682. The van der Waals surface area contributed by atoms with Gasteiger partial charge in [-0.25, -0.2) is 9.78 Å². The van der Waals surface area contributed by atoms with Crippen molar-refractivity contribution < 1.29 is 9.53 Å². The van der Waals surface area contributed by atoms with Crippen LogP contribution in [-0.4, -0.2) is 37.1 Å². The lowest BCUT2D eigenvalue weighted by atomic mass is 10.1. The van der Waals surface area contributed by atoms with Crippen LogP contribution in [0.3, 0.4) is 0 Å². The van der Waals surface area contributed by atoms with Crippen LogP contribution in [0.2, 0.25) is 0 Å². The van der Waals surface area contributed by atoms with E-state index >= 15 is 0 Å². The molecule has 3 aromatic heterocycles. The van der Waals surface area contributed by atoms with Gasteiger partial charge in [-0.1, -0.05) is 6.92 Å². The van der Waals surface area contributed by atoms with Crippen LogP contribution in [-0.2, 0) is 31.8 Å². The molecule has 0 aliphatic carbocycles. The molecule has 0 saturated heterocycles. The van der Waals surface area contributed by atoms with Crippen molar-refractivity contribution in [2.75, 3.05) is 11.9 Å². The number of pyridine rings is 1. The fourth-order valence-electron chi connectivity index (χ4n) is 3.17. The summed E-state index contributed by atoms with van der Waals surface area (Å²) >= 11 is 0. The second-order valence-corrected chi connectivity index (χ2v) is 6.16. The smallest absolute Gasteiger partial charge is 0.341 e. The lowest BCUT2D eigenvalue weighted by molar-refractivity contribution is 0.0527. The molecule has 0 aliphatic heterocycles. The van der Waals surface area contributed by atoms with Crippen LogP contribution in [0, 0.1) is 6.92 Å². The predicted octanol–water partition coefficient (Wildman–Crippen LogP) is 2.36. The summed E-state index contributed by atoms with van der Waals surface area (Å²) in [6.07, 6.45) is 4.39. The minimum absolute atomic E-state index is 0.310. The van der Waals surface area contributed by atoms with Gasteiger partial charge in [0.05, 0.1) is 29.1 Å². The molecule has 0 bridgehead atoms. The van der Waals surface area contributed by atoms with Crippen LogP contribution in [0.4, 0.5) is 5.69 Å². The molecule has 0 aromatic carbocycles. The Morgan fingerprint density at radius 3 is 2.73 bits per heavy atom. The van der Waals surface area contributed by atoms with Crippen LogP contribution in [0.25, 0.3) is 11.0 Å². The van der Waals surface area contributed by atoms with E-state index in [1.54, 1.807) is 22.5 Å². The summed E-state index contributed by atoms with van der Waals surface area (Å²) in [6.45, 7) is 6.63. The summed E-state index contributed by atoms with van der Waals surface area (Å²) in [7, 11) is 3.75. The van der Waals surface area contributed by atoms with Crippen molar-refractivity contribution in [1.82, 2.24) is 24.5 Å². The average molecular weight is 356 g/mol. The number of fused-ring (bicyclic) bond motifs is 1. The molecule has 0 fully saturated rings. The molecule has 3 heterocycles. The SMILES string of the molecule is CCOC(=O)c1cnc2c(c(C)nn2C)c1NCc1cn(C)nc1CC. The zero-order chi connectivity index (χ0) is 18.8. The Morgan fingerprint density at radius 2 is 2.04 bits per heavy atom. The highest BCUT2D eigenvalue weighted by Crippen LogP contribution is 2.29. The van der Waals surface area contributed by atoms with E-state index in [9.17, 15) is 4.79 Å². The van der Waals surface area contributed by atoms with Crippen LogP contribution < -0.4 is 5.32 Å². The first-order valence-corrected chi connectivity index (χ1v) is 8.70. The molecule has 8 nitrogen and oxygen atoms in total. The summed E-state index contributed by atoms with van der Waals surface area (Å²) in [5.41, 5.74) is 4.77. The lowest BCUT2D eigenvalue weighted by Crippen LogP contribution is -2.11. The summed E-state index contributed by atoms with van der Waals surface area (Å²) < 4.78 is 8.72. The standard InChI is InChI=1S/C18H24N6O2/c1-6-14-12(10-23(4)22-14)8-19-16-13(18(25)26-7-2)9-20-17-15(16)11(3)21-24(17)5/h9-10H,6-8H2,1-5H3,(H,19,20). The Labute approximate surface area is 152 Å². The topological polar surface area (TPSA) is 86.9 Å². The molecule has 0 saturated carbocycles. The van der Waals surface area contributed by atoms with Gasteiger partial charge in [0.1, 0.15) is 5.56 Å². The molecule has 0 aliphatic rings. The molecule has 0 radical (unpaired) electrons. The molecule has 138 valence electrons. The Bertz CT molecular complexity index is 956. The fourth-order valence-corrected chi connectivity index (χ4v) is 3.17. The maximum atomic E-state index is 12.4. The van der Waals surface area contributed by atoms with Crippen molar-refractivity contribution in [2.24, 2.45) is 14.1 Å². The first-order chi connectivity index (χ1) is 12.5. The Kier molecular flexibility index (Phi) is 4.92. The molecule has 3 rings (SSSR count). The van der Waals surface area contributed by atoms with Crippen LogP contribution >= 0.6 is 0 Å². The number of anilines is 1. The number of aryl methyl sites for hydroxylation is 4. The second kappa shape index (κ2) is 7.15. The first-order valence-electron chi connectivity index (χ1n) is 8.70. The number of hydrogen-bond acceptors (Lipinski definition) is 6. The molecule has 8 heteroatoms. The molecular weight excluding hydrogens is 332 g/mol. The molecule has 3 aromatic rings. The van der Waals surface area contributed by atoms with E-state index in [-0.39, 0.29) is 0 Å². The molecule has 0 atom stereocenters. The van der Waals surface area contributed by atoms with Gasteiger partial charge >= 0.3 is 5.97 Å². The Morgan fingerprint density at radius 1 is 1.27 bits per heavy atom. The molecular formula is C18H24N6O2. The molecule has 0 unspecified atom stereocenters. The highest BCUT2D eigenvalue weighted by molar-refractivity contribution is 6.05. The van der Waals surface area contributed by atoms with Crippen molar-refractivity contribution in [3.63, 3.8) is 0 Å². The number of carbonyl (C=O) groups is 1. The minimum Gasteiger partial charge on any atom is -0.462 e. The molecule has 0 spiro atoms. The van der Waals surface area contributed by atoms with E-state index in [0.29, 0.717) is 24.4 Å². The largest absolute Gasteiger partial charge is 0.462 e. The monoisotopic (exact) mass is 356 g/mol. The van der Waals surface area contributed by atoms with Gasteiger partial charge in [-0.05, 0) is 20.3 Å². The van der Waals surface area contributed by atoms with Gasteiger partial charge in [0.15, 0.2) is 5.65 Å². The van der Waals surface area contributed by atoms with Crippen molar-refractivity contribution in [1.29, 1.82) is 0 Å². The third-order valence-electron chi connectivity index (χ3n) is 4.30. The third kappa shape index (κ3) is 3.14. The number of nitrogens with zero attached hydrogens (tertiary/aromatic N) is 5. The van der Waals surface area contributed by atoms with Crippen molar-refractivity contribution in [3.05, 3.63) is 34.9 Å². The number of carbonyl (C=O) groups excluding carboxylic acids is 1. The minimum atomic E-state index is -0.394. The number of rotatable bonds is 6. The van der Waals surface area contributed by atoms with E-state index in [2.05, 4.69) is 27.4 Å². The summed E-state index contributed by atoms with van der Waals surface area (Å²) in [4.78, 5) is 16.8. The highest BCUT2D eigenvalue weighted by Gasteiger charge is 2.21. The normalized spacial score (nSPS) is 11.1. The van der Waals surface area contributed by atoms with Gasteiger partial charge in [0.25, 0.3) is 0 Å². The third-order valence-corrected chi connectivity index (χ3v) is 4.30. The van der Waals surface area contributed by atoms with Gasteiger partial charge in [-0.3, -0.25) is 9.36 Å². The summed E-state index contributed by atoms with van der Waals surface area (Å²) in [5, 5.41) is 13.1. The van der Waals surface area contributed by atoms with Gasteiger partial charge in [-0.2, -0.15) is 10.2 Å². The Hall–Kier alpha value is -2.90. The van der Waals surface area contributed by atoms with Crippen LogP contribution in [0.5, 0.6) is 0 Å². The molecule has 1 N–H and O–H groups in total.